The van der Waals surface area contributed by atoms with Crippen LogP contribution in [-0.4, -0.2) is 42.3 Å². The molecule has 1 N–H and O–H groups in total. The molecule has 0 aromatic carbocycles. The Morgan fingerprint density at radius 1 is 1.33 bits per heavy atom. The number of likely N-dealkylation sites (tertiary alicyclic amines) is 1. The molecule has 0 spiro atoms. The van der Waals surface area contributed by atoms with Crippen molar-refractivity contribution in [3.8, 4) is 0 Å². The van der Waals surface area contributed by atoms with Crippen molar-refractivity contribution in [3.05, 3.63) is 0 Å². The molecule has 104 valence electrons. The molecule has 2 aliphatic rings. The van der Waals surface area contributed by atoms with Crippen LogP contribution in [0.25, 0.3) is 0 Å². The Hall–Kier alpha value is -0.770. The van der Waals surface area contributed by atoms with E-state index in [1.54, 1.807) is 0 Å². The number of nitrogens with one attached hydrogen (secondary N) is 1. The van der Waals surface area contributed by atoms with Gasteiger partial charge in [-0.05, 0) is 58.9 Å². The lowest BCUT2D eigenvalue weighted by Crippen LogP contribution is -2.49. The van der Waals surface area contributed by atoms with Crippen LogP contribution in [0.15, 0.2) is 0 Å². The second kappa shape index (κ2) is 5.47. The third-order valence-electron chi connectivity index (χ3n) is 3.44. The van der Waals surface area contributed by atoms with Crippen LogP contribution in [0, 0.1) is 5.92 Å². The summed E-state index contributed by atoms with van der Waals surface area (Å²) in [6, 6.07) is 0.257. The molecule has 1 aliphatic carbocycles. The van der Waals surface area contributed by atoms with Crippen molar-refractivity contribution < 1.29 is 9.53 Å². The predicted molar refractivity (Wildman–Crippen MR) is 71.6 cm³/mol. The van der Waals surface area contributed by atoms with Gasteiger partial charge in [-0.3, -0.25) is 0 Å². The molecule has 4 heteroatoms. The maximum Gasteiger partial charge on any atom is 0.407 e. The lowest BCUT2D eigenvalue weighted by atomic mass is 10.1. The van der Waals surface area contributed by atoms with E-state index in [0.717, 1.165) is 18.9 Å². The van der Waals surface area contributed by atoms with Gasteiger partial charge in [-0.15, -0.1) is 0 Å². The summed E-state index contributed by atoms with van der Waals surface area (Å²) in [6.45, 7) is 9.07. The molecule has 1 saturated heterocycles. The van der Waals surface area contributed by atoms with Crippen molar-refractivity contribution in [3.63, 3.8) is 0 Å². The molecule has 1 heterocycles. The fraction of sp³-hybridized carbons (Fsp3) is 0.929. The lowest BCUT2D eigenvalue weighted by molar-refractivity contribution is 0.0471. The van der Waals surface area contributed by atoms with E-state index in [-0.39, 0.29) is 12.1 Å². The van der Waals surface area contributed by atoms with E-state index in [1.165, 1.54) is 32.4 Å². The molecular weight excluding hydrogens is 228 g/mol. The van der Waals surface area contributed by atoms with Gasteiger partial charge in [0.2, 0.25) is 0 Å². The Balaban J connectivity index is 1.72. The van der Waals surface area contributed by atoms with E-state index in [0.29, 0.717) is 0 Å². The molecule has 1 amide bonds. The van der Waals surface area contributed by atoms with Crippen molar-refractivity contribution in [2.75, 3.05) is 19.6 Å². The first-order valence-corrected chi connectivity index (χ1v) is 7.14. The van der Waals surface area contributed by atoms with Crippen molar-refractivity contribution in [2.45, 2.75) is 58.1 Å². The van der Waals surface area contributed by atoms with E-state index >= 15 is 0 Å². The molecular formula is C14H26N2O2. The number of ether oxygens (including phenoxy) is 1. The van der Waals surface area contributed by atoms with E-state index in [2.05, 4.69) is 10.2 Å². The molecule has 0 aromatic heterocycles. The zero-order chi connectivity index (χ0) is 13.2. The molecule has 4 nitrogen and oxygen atoms in total. The quantitative estimate of drug-likeness (QED) is 0.841. The Labute approximate surface area is 110 Å². The van der Waals surface area contributed by atoms with Gasteiger partial charge < -0.3 is 15.0 Å². The number of nitrogens with zero attached hydrogens (tertiary/aromatic N) is 1. The van der Waals surface area contributed by atoms with Gasteiger partial charge in [-0.25, -0.2) is 4.79 Å². The van der Waals surface area contributed by atoms with Crippen molar-refractivity contribution in [1.82, 2.24) is 10.2 Å². The van der Waals surface area contributed by atoms with Crippen LogP contribution in [-0.2, 0) is 4.74 Å². The average molecular weight is 254 g/mol. The van der Waals surface area contributed by atoms with Crippen LogP contribution in [0.2, 0.25) is 0 Å². The Morgan fingerprint density at radius 2 is 2.06 bits per heavy atom. The molecule has 2 rings (SSSR count). The van der Waals surface area contributed by atoms with Gasteiger partial charge in [0.1, 0.15) is 5.60 Å². The fourth-order valence-electron chi connectivity index (χ4n) is 2.48. The van der Waals surface area contributed by atoms with Gasteiger partial charge in [-0.1, -0.05) is 0 Å². The van der Waals surface area contributed by atoms with Gasteiger partial charge in [0.15, 0.2) is 0 Å². The van der Waals surface area contributed by atoms with Crippen LogP contribution in [0.3, 0.4) is 0 Å². The van der Waals surface area contributed by atoms with Crippen molar-refractivity contribution >= 4 is 6.09 Å². The molecule has 1 atom stereocenters. The maximum atomic E-state index is 11.7. The van der Waals surface area contributed by atoms with E-state index in [1.807, 2.05) is 20.8 Å². The Bertz CT molecular complexity index is 295. The van der Waals surface area contributed by atoms with Gasteiger partial charge >= 0.3 is 6.09 Å². The first-order valence-electron chi connectivity index (χ1n) is 7.14. The number of alkyl carbamates (subject to hydrolysis) is 1. The molecule has 1 saturated carbocycles. The molecule has 0 radical (unpaired) electrons. The minimum atomic E-state index is -0.410. The molecule has 1 aliphatic heterocycles. The highest BCUT2D eigenvalue weighted by molar-refractivity contribution is 5.68. The largest absolute Gasteiger partial charge is 0.444 e. The normalized spacial score (nSPS) is 25.8. The van der Waals surface area contributed by atoms with Crippen molar-refractivity contribution in [1.29, 1.82) is 0 Å². The van der Waals surface area contributed by atoms with Gasteiger partial charge in [0.05, 0.1) is 0 Å². The second-order valence-electron chi connectivity index (χ2n) is 6.69. The highest BCUT2D eigenvalue weighted by Gasteiger charge is 2.28. The van der Waals surface area contributed by atoms with Gasteiger partial charge in [0, 0.05) is 19.1 Å². The topological polar surface area (TPSA) is 41.6 Å². The molecule has 0 unspecified atom stereocenters. The van der Waals surface area contributed by atoms with Crippen LogP contribution >= 0.6 is 0 Å². The van der Waals surface area contributed by atoms with Gasteiger partial charge in [-0.2, -0.15) is 0 Å². The minimum Gasteiger partial charge on any atom is -0.444 e. The third-order valence-corrected chi connectivity index (χ3v) is 3.44. The standard InChI is InChI=1S/C14H26N2O2/c1-14(2,3)18-13(17)15-12-5-4-8-16(10-12)9-11-6-7-11/h11-12H,4-10H2,1-3H3,(H,15,17)/t12-/m1/s1. The van der Waals surface area contributed by atoms with Gasteiger partial charge in [0.25, 0.3) is 0 Å². The monoisotopic (exact) mass is 254 g/mol. The SMILES string of the molecule is CC(C)(C)OC(=O)N[C@@H]1CCCN(CC2CC2)C1. The summed E-state index contributed by atoms with van der Waals surface area (Å²) in [5.41, 5.74) is -0.410. The smallest absolute Gasteiger partial charge is 0.407 e. The van der Waals surface area contributed by atoms with E-state index in [4.69, 9.17) is 4.74 Å². The number of amides is 1. The summed E-state index contributed by atoms with van der Waals surface area (Å²) >= 11 is 0. The molecule has 18 heavy (non-hydrogen) atoms. The zero-order valence-electron chi connectivity index (χ0n) is 11.9. The average Bonchev–Trinajstić information content (AvgIpc) is 2.98. The van der Waals surface area contributed by atoms with Crippen LogP contribution in [0.4, 0.5) is 4.79 Å². The zero-order valence-corrected chi connectivity index (χ0v) is 11.9. The number of carbonyl (C=O) groups excluding carboxylic acids is 1. The van der Waals surface area contributed by atoms with E-state index < -0.39 is 5.60 Å². The lowest BCUT2D eigenvalue weighted by Gasteiger charge is -2.33. The summed E-state index contributed by atoms with van der Waals surface area (Å²) in [7, 11) is 0. The second-order valence-corrected chi connectivity index (χ2v) is 6.69. The summed E-state index contributed by atoms with van der Waals surface area (Å²) in [5.74, 6) is 0.922. The highest BCUT2D eigenvalue weighted by Crippen LogP contribution is 2.30. The molecule has 0 aromatic rings. The summed E-state index contributed by atoms with van der Waals surface area (Å²) in [4.78, 5) is 14.2. The summed E-state index contributed by atoms with van der Waals surface area (Å²) in [6.07, 6.45) is 4.75. The van der Waals surface area contributed by atoms with Crippen LogP contribution < -0.4 is 5.32 Å². The number of hydrogen-bond acceptors (Lipinski definition) is 3. The van der Waals surface area contributed by atoms with E-state index in [9.17, 15) is 4.79 Å². The van der Waals surface area contributed by atoms with Crippen LogP contribution in [0.5, 0.6) is 0 Å². The third kappa shape index (κ3) is 4.84. The molecule has 2 fully saturated rings. The Morgan fingerprint density at radius 3 is 2.67 bits per heavy atom. The molecule has 0 bridgehead atoms. The Kier molecular flexibility index (Phi) is 4.15. The summed E-state index contributed by atoms with van der Waals surface area (Å²) in [5, 5.41) is 3.00. The first-order chi connectivity index (χ1) is 8.42. The maximum absolute atomic E-state index is 11.7. The minimum absolute atomic E-state index is 0.257. The number of piperidine rings is 1. The highest BCUT2D eigenvalue weighted by atomic mass is 16.6. The summed E-state index contributed by atoms with van der Waals surface area (Å²) < 4.78 is 5.30. The predicted octanol–water partition coefficient (Wildman–Crippen LogP) is 2.39. The number of rotatable bonds is 3. The van der Waals surface area contributed by atoms with Crippen molar-refractivity contribution in [2.24, 2.45) is 5.92 Å². The number of hydrogen-bond donors (Lipinski definition) is 1. The first kappa shape index (κ1) is 13.7. The fourth-order valence-corrected chi connectivity index (χ4v) is 2.48. The van der Waals surface area contributed by atoms with Crippen LogP contribution in [0.1, 0.15) is 46.5 Å². The number of carbonyl (C=O) groups is 1.